The third-order valence-corrected chi connectivity index (χ3v) is 5.18. The number of alkyl halides is 3. The van der Waals surface area contributed by atoms with E-state index in [1.165, 1.54) is 19.2 Å². The average molecular weight is 470 g/mol. The van der Waals surface area contributed by atoms with Gasteiger partial charge in [0.2, 0.25) is 11.8 Å². The van der Waals surface area contributed by atoms with Gasteiger partial charge in [-0.05, 0) is 34.9 Å². The number of nitrogens with one attached hydrogen (secondary N) is 2. The molecule has 0 fully saturated rings. The van der Waals surface area contributed by atoms with Gasteiger partial charge in [0.1, 0.15) is 11.8 Å². The maximum atomic E-state index is 13.1. The Morgan fingerprint density at radius 1 is 0.882 bits per heavy atom. The van der Waals surface area contributed by atoms with E-state index < -0.39 is 29.6 Å². The summed E-state index contributed by atoms with van der Waals surface area (Å²) in [6.07, 6.45) is -4.58. The number of methoxy groups -OCH3 is 1. The number of benzene rings is 3. The Bertz CT molecular complexity index is 1100. The van der Waals surface area contributed by atoms with Crippen LogP contribution in [0.25, 0.3) is 0 Å². The molecule has 0 saturated carbocycles. The van der Waals surface area contributed by atoms with E-state index in [9.17, 15) is 22.8 Å². The number of rotatable bonds is 9. The van der Waals surface area contributed by atoms with E-state index in [4.69, 9.17) is 4.74 Å². The first-order valence-electron chi connectivity index (χ1n) is 10.6. The molecule has 0 aliphatic carbocycles. The van der Waals surface area contributed by atoms with Crippen molar-refractivity contribution in [1.29, 1.82) is 0 Å². The average Bonchev–Trinajstić information content (AvgIpc) is 2.83. The van der Waals surface area contributed by atoms with Crippen LogP contribution < -0.4 is 15.4 Å². The second-order valence-electron chi connectivity index (χ2n) is 7.75. The van der Waals surface area contributed by atoms with Crippen LogP contribution >= 0.6 is 0 Å². The summed E-state index contributed by atoms with van der Waals surface area (Å²) in [5.41, 5.74) is 1.05. The Morgan fingerprint density at radius 2 is 1.56 bits per heavy atom. The zero-order chi connectivity index (χ0) is 24.6. The highest BCUT2D eigenvalue weighted by Gasteiger charge is 2.31. The van der Waals surface area contributed by atoms with Crippen LogP contribution in [0.5, 0.6) is 5.75 Å². The molecular formula is C26H25F3N2O3. The van der Waals surface area contributed by atoms with Crippen molar-refractivity contribution in [2.24, 2.45) is 0 Å². The van der Waals surface area contributed by atoms with Crippen molar-refractivity contribution in [2.45, 2.75) is 31.6 Å². The molecule has 5 nitrogen and oxygen atoms in total. The quantitative estimate of drug-likeness (QED) is 0.490. The number of hydrogen-bond donors (Lipinski definition) is 2. The lowest BCUT2D eigenvalue weighted by Gasteiger charge is -2.19. The van der Waals surface area contributed by atoms with Crippen LogP contribution in [0.15, 0.2) is 78.9 Å². The number of ether oxygens (including phenoxy) is 1. The molecule has 0 bridgehead atoms. The van der Waals surface area contributed by atoms with Crippen LogP contribution in [0, 0.1) is 0 Å². The van der Waals surface area contributed by atoms with Crippen molar-refractivity contribution in [3.63, 3.8) is 0 Å². The van der Waals surface area contributed by atoms with Gasteiger partial charge in [-0.15, -0.1) is 0 Å². The molecule has 3 rings (SSSR count). The van der Waals surface area contributed by atoms with Crippen molar-refractivity contribution < 1.29 is 27.5 Å². The van der Waals surface area contributed by atoms with Crippen LogP contribution in [-0.2, 0) is 35.2 Å². The van der Waals surface area contributed by atoms with Crippen LogP contribution in [-0.4, -0.2) is 25.0 Å². The van der Waals surface area contributed by atoms with Gasteiger partial charge in [-0.2, -0.15) is 13.2 Å². The van der Waals surface area contributed by atoms with E-state index in [2.05, 4.69) is 10.6 Å². The highest BCUT2D eigenvalue weighted by Crippen LogP contribution is 2.29. The Kier molecular flexibility index (Phi) is 8.29. The molecule has 34 heavy (non-hydrogen) atoms. The second kappa shape index (κ2) is 11.4. The van der Waals surface area contributed by atoms with Crippen LogP contribution in [0.4, 0.5) is 13.2 Å². The molecule has 8 heteroatoms. The summed E-state index contributed by atoms with van der Waals surface area (Å²) in [4.78, 5) is 25.6. The van der Waals surface area contributed by atoms with E-state index >= 15 is 0 Å². The van der Waals surface area contributed by atoms with Gasteiger partial charge in [0.15, 0.2) is 0 Å². The van der Waals surface area contributed by atoms with Gasteiger partial charge < -0.3 is 15.4 Å². The van der Waals surface area contributed by atoms with Crippen molar-refractivity contribution >= 4 is 11.8 Å². The molecule has 3 aromatic rings. The smallest absolute Gasteiger partial charge is 0.416 e. The summed E-state index contributed by atoms with van der Waals surface area (Å²) < 4.78 is 44.5. The van der Waals surface area contributed by atoms with Gasteiger partial charge in [-0.1, -0.05) is 60.7 Å². The summed E-state index contributed by atoms with van der Waals surface area (Å²) in [6, 6.07) is 19.8. The molecule has 178 valence electrons. The highest BCUT2D eigenvalue weighted by atomic mass is 19.4. The zero-order valence-corrected chi connectivity index (χ0v) is 18.6. The second-order valence-corrected chi connectivity index (χ2v) is 7.75. The van der Waals surface area contributed by atoms with Crippen molar-refractivity contribution in [1.82, 2.24) is 10.6 Å². The molecule has 1 unspecified atom stereocenters. The molecule has 0 aliphatic heterocycles. The lowest BCUT2D eigenvalue weighted by molar-refractivity contribution is -0.137. The van der Waals surface area contributed by atoms with E-state index in [1.807, 2.05) is 30.3 Å². The van der Waals surface area contributed by atoms with Gasteiger partial charge in [0.05, 0.1) is 19.1 Å². The zero-order valence-electron chi connectivity index (χ0n) is 18.6. The number of amides is 2. The lowest BCUT2D eigenvalue weighted by atomic mass is 10.0. The third-order valence-electron chi connectivity index (χ3n) is 5.18. The van der Waals surface area contributed by atoms with E-state index in [-0.39, 0.29) is 19.4 Å². The normalized spacial score (nSPS) is 12.0. The standard InChI is InChI=1S/C26H25F3N2O3/c1-34-22-12-10-18(11-13-22)16-24(32)31-23(25(33)30-17-19-6-3-2-4-7-19)15-20-8-5-9-21(14-20)26(27,28)29/h2-14,23H,15-17H2,1H3,(H,30,33)(H,31,32). The summed E-state index contributed by atoms with van der Waals surface area (Å²) in [6.45, 7) is 0.229. The van der Waals surface area contributed by atoms with Crippen molar-refractivity contribution in [3.05, 3.63) is 101 Å². The predicted octanol–water partition coefficient (Wildman–Crippen LogP) is 4.30. The summed E-state index contributed by atoms with van der Waals surface area (Å²) >= 11 is 0. The minimum Gasteiger partial charge on any atom is -0.497 e. The fraction of sp³-hybridized carbons (Fsp3) is 0.231. The fourth-order valence-electron chi connectivity index (χ4n) is 3.40. The van der Waals surface area contributed by atoms with Crippen molar-refractivity contribution in [2.75, 3.05) is 7.11 Å². The van der Waals surface area contributed by atoms with Gasteiger partial charge in [0, 0.05) is 13.0 Å². The Morgan fingerprint density at radius 3 is 2.21 bits per heavy atom. The molecule has 0 saturated heterocycles. The summed E-state index contributed by atoms with van der Waals surface area (Å²) in [5, 5.41) is 5.43. The van der Waals surface area contributed by atoms with E-state index in [0.717, 1.165) is 17.7 Å². The van der Waals surface area contributed by atoms with Gasteiger partial charge >= 0.3 is 6.18 Å². The number of carbonyl (C=O) groups excluding carboxylic acids is 2. The maximum absolute atomic E-state index is 13.1. The minimum absolute atomic E-state index is 0.00898. The number of hydrogen-bond acceptors (Lipinski definition) is 3. The fourth-order valence-corrected chi connectivity index (χ4v) is 3.40. The molecule has 2 N–H and O–H groups in total. The highest BCUT2D eigenvalue weighted by molar-refractivity contribution is 5.88. The molecule has 0 heterocycles. The Hall–Kier alpha value is -3.81. The van der Waals surface area contributed by atoms with Crippen molar-refractivity contribution in [3.8, 4) is 5.75 Å². The molecule has 3 aromatic carbocycles. The van der Waals surface area contributed by atoms with Crippen LogP contribution in [0.3, 0.4) is 0 Å². The lowest BCUT2D eigenvalue weighted by Crippen LogP contribution is -2.48. The number of carbonyl (C=O) groups is 2. The van der Waals surface area contributed by atoms with Crippen LogP contribution in [0.2, 0.25) is 0 Å². The van der Waals surface area contributed by atoms with Gasteiger partial charge in [-0.25, -0.2) is 0 Å². The predicted molar refractivity (Wildman–Crippen MR) is 122 cm³/mol. The molecule has 0 aromatic heterocycles. The molecule has 0 spiro atoms. The maximum Gasteiger partial charge on any atom is 0.416 e. The molecule has 1 atom stereocenters. The molecule has 0 aliphatic rings. The summed E-state index contributed by atoms with van der Waals surface area (Å²) in [5.74, 6) is -0.256. The molecule has 2 amide bonds. The summed E-state index contributed by atoms with van der Waals surface area (Å²) in [7, 11) is 1.54. The van der Waals surface area contributed by atoms with Gasteiger partial charge in [-0.3, -0.25) is 9.59 Å². The van der Waals surface area contributed by atoms with Gasteiger partial charge in [0.25, 0.3) is 0 Å². The monoisotopic (exact) mass is 470 g/mol. The van der Waals surface area contributed by atoms with Crippen LogP contribution in [0.1, 0.15) is 22.3 Å². The number of halogens is 3. The Balaban J connectivity index is 1.73. The first-order chi connectivity index (χ1) is 16.2. The first kappa shape index (κ1) is 24.8. The first-order valence-corrected chi connectivity index (χ1v) is 10.6. The molecular weight excluding hydrogens is 445 g/mol. The minimum atomic E-state index is -4.50. The largest absolute Gasteiger partial charge is 0.497 e. The third kappa shape index (κ3) is 7.37. The SMILES string of the molecule is COc1ccc(CC(=O)NC(Cc2cccc(C(F)(F)F)c2)C(=O)NCc2ccccc2)cc1. The Labute approximate surface area is 195 Å². The van der Waals surface area contributed by atoms with E-state index in [0.29, 0.717) is 16.9 Å². The molecule has 0 radical (unpaired) electrons. The van der Waals surface area contributed by atoms with E-state index in [1.54, 1.807) is 24.3 Å². The topological polar surface area (TPSA) is 67.4 Å².